The Morgan fingerprint density at radius 3 is 2.65 bits per heavy atom. The van der Waals surface area contributed by atoms with Crippen molar-refractivity contribution >= 4 is 33.5 Å². The lowest BCUT2D eigenvalue weighted by Crippen LogP contribution is -2.26. The number of para-hydroxylation sites is 1. The van der Waals surface area contributed by atoms with Crippen LogP contribution in [0.4, 0.5) is 0 Å². The van der Waals surface area contributed by atoms with Gasteiger partial charge in [-0.3, -0.25) is 9.59 Å². The Labute approximate surface area is 140 Å². The van der Waals surface area contributed by atoms with Gasteiger partial charge in [0.2, 0.25) is 0 Å². The fourth-order valence-corrected chi connectivity index (χ4v) is 3.19. The van der Waals surface area contributed by atoms with Crippen LogP contribution in [0.2, 0.25) is 0 Å². The standard InChI is InChI=1S/C13H16N2O6S2/c1-10(16)21-12-5-3-2-4-11(12)13(17)14-6-8-22-23-9-7-20-15(18)19/h2-5H,6-9H2,1H3,(H,14,17). The molecule has 0 aromatic heterocycles. The first-order valence-corrected chi connectivity index (χ1v) is 9.07. The van der Waals surface area contributed by atoms with E-state index in [0.29, 0.717) is 23.6 Å². The van der Waals surface area contributed by atoms with Gasteiger partial charge in [-0.1, -0.05) is 33.7 Å². The van der Waals surface area contributed by atoms with Crippen LogP contribution < -0.4 is 10.1 Å². The van der Waals surface area contributed by atoms with Crippen LogP contribution in [0.3, 0.4) is 0 Å². The van der Waals surface area contributed by atoms with E-state index in [2.05, 4.69) is 10.2 Å². The van der Waals surface area contributed by atoms with Crippen molar-refractivity contribution in [3.8, 4) is 5.75 Å². The summed E-state index contributed by atoms with van der Waals surface area (Å²) in [5, 5.41) is 11.8. The molecule has 0 fully saturated rings. The predicted molar refractivity (Wildman–Crippen MR) is 87.9 cm³/mol. The average molecular weight is 360 g/mol. The normalized spacial score (nSPS) is 9.96. The van der Waals surface area contributed by atoms with Gasteiger partial charge in [-0.2, -0.15) is 0 Å². The second-order valence-corrected chi connectivity index (χ2v) is 6.75. The molecule has 23 heavy (non-hydrogen) atoms. The van der Waals surface area contributed by atoms with Gasteiger partial charge in [-0.15, -0.1) is 10.1 Å². The summed E-state index contributed by atoms with van der Waals surface area (Å²) in [7, 11) is 2.89. The van der Waals surface area contributed by atoms with Gasteiger partial charge in [-0.05, 0) is 12.1 Å². The van der Waals surface area contributed by atoms with Gasteiger partial charge < -0.3 is 14.9 Å². The Balaban J connectivity index is 2.27. The molecule has 126 valence electrons. The summed E-state index contributed by atoms with van der Waals surface area (Å²) < 4.78 is 4.98. The predicted octanol–water partition coefficient (Wildman–Crippen LogP) is 1.93. The van der Waals surface area contributed by atoms with Gasteiger partial charge >= 0.3 is 5.97 Å². The van der Waals surface area contributed by atoms with E-state index in [4.69, 9.17) is 4.74 Å². The fourth-order valence-electron chi connectivity index (χ4n) is 1.46. The van der Waals surface area contributed by atoms with Gasteiger partial charge in [0.15, 0.2) is 0 Å². The van der Waals surface area contributed by atoms with E-state index in [0.717, 1.165) is 0 Å². The first-order chi connectivity index (χ1) is 11.0. The molecule has 0 aliphatic carbocycles. The number of benzene rings is 1. The van der Waals surface area contributed by atoms with Crippen molar-refractivity contribution in [2.75, 3.05) is 24.7 Å². The van der Waals surface area contributed by atoms with Crippen molar-refractivity contribution in [3.63, 3.8) is 0 Å². The highest BCUT2D eigenvalue weighted by atomic mass is 33.1. The minimum absolute atomic E-state index is 0.0345. The maximum absolute atomic E-state index is 12.0. The molecule has 0 bridgehead atoms. The minimum Gasteiger partial charge on any atom is -0.426 e. The molecule has 0 heterocycles. The highest BCUT2D eigenvalue weighted by Gasteiger charge is 2.12. The molecule has 0 atom stereocenters. The van der Waals surface area contributed by atoms with Crippen LogP contribution in [0.15, 0.2) is 24.3 Å². The number of rotatable bonds is 10. The highest BCUT2D eigenvalue weighted by Crippen LogP contribution is 2.20. The van der Waals surface area contributed by atoms with Gasteiger partial charge in [0.25, 0.3) is 11.0 Å². The maximum atomic E-state index is 12.0. The van der Waals surface area contributed by atoms with Crippen LogP contribution >= 0.6 is 21.6 Å². The molecule has 0 aliphatic rings. The zero-order chi connectivity index (χ0) is 17.1. The number of nitrogens with one attached hydrogen (secondary N) is 1. The molecule has 8 nitrogen and oxygen atoms in total. The van der Waals surface area contributed by atoms with Crippen LogP contribution in [-0.2, 0) is 9.63 Å². The van der Waals surface area contributed by atoms with Crippen molar-refractivity contribution in [1.82, 2.24) is 5.32 Å². The van der Waals surface area contributed by atoms with Gasteiger partial charge in [0.1, 0.15) is 12.4 Å². The zero-order valence-corrected chi connectivity index (χ0v) is 14.0. The van der Waals surface area contributed by atoms with Crippen LogP contribution in [0, 0.1) is 10.1 Å². The summed E-state index contributed by atoms with van der Waals surface area (Å²) in [6, 6.07) is 6.48. The molecule has 0 unspecified atom stereocenters. The number of carbonyl (C=O) groups excluding carboxylic acids is 2. The van der Waals surface area contributed by atoms with E-state index in [9.17, 15) is 19.7 Å². The summed E-state index contributed by atoms with van der Waals surface area (Å²) in [6.07, 6.45) is 0. The minimum atomic E-state index is -0.827. The summed E-state index contributed by atoms with van der Waals surface area (Å²) in [5.74, 6) is 0.509. The van der Waals surface area contributed by atoms with Crippen LogP contribution in [-0.4, -0.2) is 41.6 Å². The monoisotopic (exact) mass is 360 g/mol. The third-order valence-corrected chi connectivity index (χ3v) is 4.67. The Bertz CT molecular complexity index is 555. The van der Waals surface area contributed by atoms with Crippen LogP contribution in [0.25, 0.3) is 0 Å². The molecule has 10 heteroatoms. The van der Waals surface area contributed by atoms with E-state index >= 15 is 0 Å². The molecule has 1 amide bonds. The quantitative estimate of drug-likeness (QED) is 0.168. The summed E-state index contributed by atoms with van der Waals surface area (Å²) in [4.78, 5) is 37.1. The van der Waals surface area contributed by atoms with Crippen molar-refractivity contribution < 1.29 is 24.3 Å². The highest BCUT2D eigenvalue weighted by molar-refractivity contribution is 8.76. The largest absolute Gasteiger partial charge is 0.426 e. The number of esters is 1. The summed E-state index contributed by atoms with van der Waals surface area (Å²) in [6.45, 7) is 1.72. The molecule has 1 aromatic rings. The zero-order valence-electron chi connectivity index (χ0n) is 12.4. The smallest absolute Gasteiger partial charge is 0.308 e. The fraction of sp³-hybridized carbons (Fsp3) is 0.385. The molecular formula is C13H16N2O6S2. The molecule has 0 saturated heterocycles. The molecular weight excluding hydrogens is 344 g/mol. The molecule has 1 aromatic carbocycles. The number of nitrogens with zero attached hydrogens (tertiary/aromatic N) is 1. The van der Waals surface area contributed by atoms with Crippen molar-refractivity contribution in [1.29, 1.82) is 0 Å². The van der Waals surface area contributed by atoms with Crippen LogP contribution in [0.5, 0.6) is 5.75 Å². The third-order valence-electron chi connectivity index (χ3n) is 2.30. The SMILES string of the molecule is CC(=O)Oc1ccccc1C(=O)NCCSSCCO[N+](=O)[O-]. The van der Waals surface area contributed by atoms with Crippen molar-refractivity contribution in [3.05, 3.63) is 39.9 Å². The Kier molecular flexibility index (Phi) is 8.91. The first kappa shape index (κ1) is 19.1. The number of hydrogen-bond donors (Lipinski definition) is 1. The molecule has 0 spiro atoms. The number of ether oxygens (including phenoxy) is 1. The Hall–Kier alpha value is -1.94. The molecule has 0 aliphatic heterocycles. The number of amides is 1. The number of hydrogen-bond acceptors (Lipinski definition) is 8. The maximum Gasteiger partial charge on any atom is 0.308 e. The Morgan fingerprint density at radius 1 is 1.26 bits per heavy atom. The van der Waals surface area contributed by atoms with E-state index in [1.165, 1.54) is 28.5 Å². The van der Waals surface area contributed by atoms with Gasteiger partial charge in [0, 0.05) is 25.0 Å². The lowest BCUT2D eigenvalue weighted by molar-refractivity contribution is -0.756. The van der Waals surface area contributed by atoms with Crippen molar-refractivity contribution in [2.45, 2.75) is 6.92 Å². The van der Waals surface area contributed by atoms with E-state index in [-0.39, 0.29) is 18.3 Å². The molecule has 1 rings (SSSR count). The second-order valence-electron chi connectivity index (χ2n) is 4.05. The molecule has 0 saturated carbocycles. The van der Waals surface area contributed by atoms with E-state index in [1.807, 2.05) is 0 Å². The summed E-state index contributed by atoms with van der Waals surface area (Å²) >= 11 is 0. The number of carbonyl (C=O) groups is 2. The van der Waals surface area contributed by atoms with E-state index in [1.54, 1.807) is 24.3 Å². The molecule has 0 radical (unpaired) electrons. The van der Waals surface area contributed by atoms with Crippen LogP contribution in [0.1, 0.15) is 17.3 Å². The second kappa shape index (κ2) is 10.7. The lowest BCUT2D eigenvalue weighted by atomic mass is 10.2. The lowest BCUT2D eigenvalue weighted by Gasteiger charge is -2.09. The average Bonchev–Trinajstić information content (AvgIpc) is 2.49. The summed E-state index contributed by atoms with van der Waals surface area (Å²) in [5.41, 5.74) is 0.291. The first-order valence-electron chi connectivity index (χ1n) is 6.58. The third kappa shape index (κ3) is 8.31. The van der Waals surface area contributed by atoms with Gasteiger partial charge in [-0.25, -0.2) is 0 Å². The Morgan fingerprint density at radius 2 is 1.96 bits per heavy atom. The van der Waals surface area contributed by atoms with E-state index < -0.39 is 11.1 Å². The topological polar surface area (TPSA) is 108 Å². The van der Waals surface area contributed by atoms with Gasteiger partial charge in [0.05, 0.1) is 5.56 Å². The molecule has 1 N–H and O–H groups in total. The van der Waals surface area contributed by atoms with Crippen molar-refractivity contribution in [2.24, 2.45) is 0 Å².